The second kappa shape index (κ2) is 6.89. The molecule has 18 heavy (non-hydrogen) atoms. The van der Waals surface area contributed by atoms with E-state index in [-0.39, 0.29) is 5.96 Å². The van der Waals surface area contributed by atoms with Crippen LogP contribution in [0.1, 0.15) is 0 Å². The van der Waals surface area contributed by atoms with Crippen LogP contribution in [0.15, 0.2) is 35.3 Å². The van der Waals surface area contributed by atoms with Gasteiger partial charge in [-0.25, -0.2) is 14.6 Å². The van der Waals surface area contributed by atoms with Gasteiger partial charge in [-0.1, -0.05) is 18.2 Å². The molecule has 0 heterocycles. The maximum atomic E-state index is 11.1. The van der Waals surface area contributed by atoms with Gasteiger partial charge in [0, 0.05) is 0 Å². The van der Waals surface area contributed by atoms with Crippen molar-refractivity contribution in [3.05, 3.63) is 30.3 Å². The number of benzene rings is 1. The highest BCUT2D eigenvalue weighted by Gasteiger charge is 2.09. The topological polar surface area (TPSA) is 89.0 Å². The number of rotatable bonds is 1. The molecule has 0 bridgehead atoms. The van der Waals surface area contributed by atoms with E-state index >= 15 is 0 Å². The lowest BCUT2D eigenvalue weighted by Crippen LogP contribution is -2.43. The largest absolute Gasteiger partial charge is 0.453 e. The van der Waals surface area contributed by atoms with E-state index in [0.29, 0.717) is 5.69 Å². The molecule has 1 aromatic rings. The zero-order valence-corrected chi connectivity index (χ0v) is 9.97. The fraction of sp³-hybridized carbons (Fsp3) is 0.182. The number of carbonyl (C=O) groups excluding carboxylic acids is 2. The van der Waals surface area contributed by atoms with Gasteiger partial charge >= 0.3 is 12.2 Å². The van der Waals surface area contributed by atoms with E-state index in [9.17, 15) is 9.59 Å². The van der Waals surface area contributed by atoms with Gasteiger partial charge in [-0.05, 0) is 12.1 Å². The molecule has 0 radical (unpaired) electrons. The van der Waals surface area contributed by atoms with Crippen LogP contribution >= 0.6 is 0 Å². The molecular weight excluding hydrogens is 238 g/mol. The van der Waals surface area contributed by atoms with Gasteiger partial charge in [0.15, 0.2) is 0 Å². The molecule has 96 valence electrons. The van der Waals surface area contributed by atoms with E-state index in [4.69, 9.17) is 0 Å². The number of aliphatic imine (C=N–C) groups is 1. The van der Waals surface area contributed by atoms with Crippen molar-refractivity contribution in [1.82, 2.24) is 10.6 Å². The number of nitrogens with zero attached hydrogens (tertiary/aromatic N) is 1. The summed E-state index contributed by atoms with van der Waals surface area (Å²) in [5.74, 6) is -0.0834. The summed E-state index contributed by atoms with van der Waals surface area (Å²) in [6.07, 6.45) is -1.50. The molecule has 0 aliphatic heterocycles. The first-order valence-corrected chi connectivity index (χ1v) is 4.99. The minimum Gasteiger partial charge on any atom is -0.453 e. The number of nitrogens with one attached hydrogen (secondary N) is 2. The second-order valence-electron chi connectivity index (χ2n) is 3.03. The van der Waals surface area contributed by atoms with Gasteiger partial charge in [0.25, 0.3) is 0 Å². The zero-order valence-electron chi connectivity index (χ0n) is 9.97. The Bertz CT molecular complexity index is 425. The second-order valence-corrected chi connectivity index (χ2v) is 3.03. The highest BCUT2D eigenvalue weighted by molar-refractivity contribution is 6.02. The van der Waals surface area contributed by atoms with Crippen LogP contribution in [0.3, 0.4) is 0 Å². The SMILES string of the molecule is COC(=O)NC(=Nc1ccccc1)NC(=O)OC. The van der Waals surface area contributed by atoms with Crippen molar-refractivity contribution in [3.63, 3.8) is 0 Å². The Morgan fingerprint density at radius 3 is 1.94 bits per heavy atom. The number of ether oxygens (including phenoxy) is 2. The molecule has 0 aliphatic carbocycles. The molecule has 7 heteroatoms. The summed E-state index contributed by atoms with van der Waals surface area (Å²) in [5, 5.41) is 4.51. The molecule has 0 aromatic heterocycles. The smallest absolute Gasteiger partial charge is 0.413 e. The minimum atomic E-state index is -0.749. The first-order valence-electron chi connectivity index (χ1n) is 4.99. The summed E-state index contributed by atoms with van der Waals surface area (Å²) in [6, 6.07) is 8.77. The van der Waals surface area contributed by atoms with E-state index in [2.05, 4.69) is 25.1 Å². The Labute approximate surface area is 104 Å². The van der Waals surface area contributed by atoms with Crippen LogP contribution in [0.4, 0.5) is 15.3 Å². The number of hydrogen-bond donors (Lipinski definition) is 2. The molecule has 0 unspecified atom stereocenters. The maximum Gasteiger partial charge on any atom is 0.413 e. The van der Waals surface area contributed by atoms with E-state index in [1.54, 1.807) is 24.3 Å². The van der Waals surface area contributed by atoms with Crippen molar-refractivity contribution >= 4 is 23.8 Å². The van der Waals surface area contributed by atoms with Gasteiger partial charge in [0.2, 0.25) is 5.96 Å². The van der Waals surface area contributed by atoms with Crippen LogP contribution in [0.5, 0.6) is 0 Å². The average molecular weight is 251 g/mol. The van der Waals surface area contributed by atoms with E-state index in [1.165, 1.54) is 14.2 Å². The molecule has 0 spiro atoms. The molecule has 1 rings (SSSR count). The summed E-state index contributed by atoms with van der Waals surface area (Å²) < 4.78 is 8.82. The number of amides is 2. The Balaban J connectivity index is 2.85. The first-order chi connectivity index (χ1) is 8.65. The maximum absolute atomic E-state index is 11.1. The first kappa shape index (κ1) is 13.5. The van der Waals surface area contributed by atoms with Crippen LogP contribution in [0.2, 0.25) is 0 Å². The molecule has 1 aromatic carbocycles. The number of methoxy groups -OCH3 is 2. The average Bonchev–Trinajstić information content (AvgIpc) is 2.39. The van der Waals surface area contributed by atoms with Crippen molar-refractivity contribution in [2.75, 3.05) is 14.2 Å². The van der Waals surface area contributed by atoms with Crippen molar-refractivity contribution in [3.8, 4) is 0 Å². The molecule has 7 nitrogen and oxygen atoms in total. The van der Waals surface area contributed by atoms with Crippen molar-refractivity contribution in [2.45, 2.75) is 0 Å². The third-order valence-electron chi connectivity index (χ3n) is 1.81. The fourth-order valence-corrected chi connectivity index (χ4v) is 1.01. The highest BCUT2D eigenvalue weighted by atomic mass is 16.5. The summed E-state index contributed by atoms with van der Waals surface area (Å²) in [7, 11) is 2.40. The molecule has 2 amide bonds. The number of para-hydroxylation sites is 1. The molecule has 2 N–H and O–H groups in total. The molecule has 0 saturated carbocycles. The summed E-state index contributed by atoms with van der Waals surface area (Å²) in [4.78, 5) is 26.2. The monoisotopic (exact) mass is 251 g/mol. The van der Waals surface area contributed by atoms with Crippen LogP contribution in [0, 0.1) is 0 Å². The molecule has 0 atom stereocenters. The lowest BCUT2D eigenvalue weighted by molar-refractivity contribution is 0.173. The fourth-order valence-electron chi connectivity index (χ4n) is 1.01. The van der Waals surface area contributed by atoms with Gasteiger partial charge in [-0.2, -0.15) is 0 Å². The van der Waals surface area contributed by atoms with Crippen molar-refractivity contribution in [1.29, 1.82) is 0 Å². The predicted octanol–water partition coefficient (Wildman–Crippen LogP) is 1.39. The van der Waals surface area contributed by atoms with Gasteiger partial charge in [-0.3, -0.25) is 10.6 Å². The van der Waals surface area contributed by atoms with Crippen LogP contribution in [-0.4, -0.2) is 32.4 Å². The molecule has 0 saturated heterocycles. The zero-order chi connectivity index (χ0) is 13.4. The Morgan fingerprint density at radius 1 is 1.00 bits per heavy atom. The lowest BCUT2D eigenvalue weighted by Gasteiger charge is -2.08. The molecule has 0 aliphatic rings. The third kappa shape index (κ3) is 4.52. The van der Waals surface area contributed by atoms with Gasteiger partial charge in [-0.15, -0.1) is 0 Å². The molecular formula is C11H13N3O4. The van der Waals surface area contributed by atoms with E-state index in [1.807, 2.05) is 6.07 Å². The predicted molar refractivity (Wildman–Crippen MR) is 64.6 cm³/mol. The summed E-state index contributed by atoms with van der Waals surface area (Å²) in [5.41, 5.74) is 0.556. The Hall–Kier alpha value is -2.57. The lowest BCUT2D eigenvalue weighted by atomic mass is 10.3. The summed E-state index contributed by atoms with van der Waals surface area (Å²) >= 11 is 0. The van der Waals surface area contributed by atoms with Gasteiger partial charge in [0.1, 0.15) is 0 Å². The number of alkyl carbamates (subject to hydrolysis) is 2. The van der Waals surface area contributed by atoms with Crippen LogP contribution in [-0.2, 0) is 9.47 Å². The van der Waals surface area contributed by atoms with Gasteiger partial charge in [0.05, 0.1) is 19.9 Å². The standard InChI is InChI=1S/C11H13N3O4/c1-17-10(15)13-9(14-11(16)18-2)12-8-6-4-3-5-7-8/h3-7H,1-2H3,(H2,12,13,14,15,16). The van der Waals surface area contributed by atoms with E-state index < -0.39 is 12.2 Å². The summed E-state index contributed by atoms with van der Waals surface area (Å²) in [6.45, 7) is 0. The minimum absolute atomic E-state index is 0.0834. The normalized spacial score (nSPS) is 9.00. The van der Waals surface area contributed by atoms with Gasteiger partial charge < -0.3 is 9.47 Å². The number of hydrogen-bond acceptors (Lipinski definition) is 5. The third-order valence-corrected chi connectivity index (χ3v) is 1.81. The Morgan fingerprint density at radius 2 is 1.50 bits per heavy atom. The molecule has 0 fully saturated rings. The quantitative estimate of drug-likeness (QED) is 0.583. The number of guanidine groups is 1. The van der Waals surface area contributed by atoms with Crippen molar-refractivity contribution in [2.24, 2.45) is 4.99 Å². The van der Waals surface area contributed by atoms with E-state index in [0.717, 1.165) is 0 Å². The number of carbonyl (C=O) groups is 2. The Kier molecular flexibility index (Phi) is 5.17. The van der Waals surface area contributed by atoms with Crippen molar-refractivity contribution < 1.29 is 19.1 Å². The van der Waals surface area contributed by atoms with Crippen LogP contribution < -0.4 is 10.6 Å². The highest BCUT2D eigenvalue weighted by Crippen LogP contribution is 2.09. The van der Waals surface area contributed by atoms with Crippen LogP contribution in [0.25, 0.3) is 0 Å².